The SMILES string of the molecule is COCCn1c(=NC(=O)C2CCCCC2)sc2c3ccccc3ccc21. The van der Waals surface area contributed by atoms with Crippen LogP contribution in [0.4, 0.5) is 0 Å². The van der Waals surface area contributed by atoms with Gasteiger partial charge in [-0.05, 0) is 24.3 Å². The van der Waals surface area contributed by atoms with Crippen LogP contribution in [0.1, 0.15) is 32.1 Å². The van der Waals surface area contributed by atoms with Gasteiger partial charge in [0.25, 0.3) is 5.91 Å². The van der Waals surface area contributed by atoms with Gasteiger partial charge >= 0.3 is 0 Å². The second kappa shape index (κ2) is 7.72. The molecular weight excluding hydrogens is 344 g/mol. The molecule has 1 fully saturated rings. The number of fused-ring (bicyclic) bond motifs is 3. The van der Waals surface area contributed by atoms with Crippen LogP contribution in [0.3, 0.4) is 0 Å². The molecule has 0 atom stereocenters. The summed E-state index contributed by atoms with van der Waals surface area (Å²) in [7, 11) is 1.70. The highest BCUT2D eigenvalue weighted by atomic mass is 32.1. The number of aromatic nitrogens is 1. The molecule has 0 radical (unpaired) electrons. The Balaban J connectivity index is 1.85. The Labute approximate surface area is 157 Å². The molecule has 0 N–H and O–H groups in total. The smallest absolute Gasteiger partial charge is 0.251 e. The number of nitrogens with zero attached hydrogens (tertiary/aromatic N) is 2. The Morgan fingerprint density at radius 2 is 2.00 bits per heavy atom. The number of ether oxygens (including phenoxy) is 1. The van der Waals surface area contributed by atoms with Gasteiger partial charge in [-0.3, -0.25) is 4.79 Å². The minimum absolute atomic E-state index is 0.0479. The summed E-state index contributed by atoms with van der Waals surface area (Å²) in [5.41, 5.74) is 1.13. The fourth-order valence-electron chi connectivity index (χ4n) is 3.82. The Bertz CT molecular complexity index is 996. The quantitative estimate of drug-likeness (QED) is 0.680. The Morgan fingerprint density at radius 1 is 1.19 bits per heavy atom. The molecule has 1 amide bonds. The van der Waals surface area contributed by atoms with E-state index in [-0.39, 0.29) is 11.8 Å². The van der Waals surface area contributed by atoms with E-state index in [9.17, 15) is 4.79 Å². The standard InChI is InChI=1S/C21H24N2O2S/c1-25-14-13-23-18-12-11-15-7-5-6-10-17(15)19(18)26-21(23)22-20(24)16-8-3-2-4-9-16/h5-7,10-12,16H,2-4,8-9,13-14H2,1H3. The van der Waals surface area contributed by atoms with E-state index in [0.29, 0.717) is 13.2 Å². The average molecular weight is 369 g/mol. The third kappa shape index (κ3) is 3.33. The normalized spacial score (nSPS) is 16.6. The number of carbonyl (C=O) groups excluding carboxylic acids is 1. The van der Waals surface area contributed by atoms with Crippen molar-refractivity contribution in [3.05, 3.63) is 41.2 Å². The van der Waals surface area contributed by atoms with Crippen LogP contribution in [-0.2, 0) is 16.1 Å². The second-order valence-electron chi connectivity index (χ2n) is 6.95. The van der Waals surface area contributed by atoms with Crippen molar-refractivity contribution in [3.63, 3.8) is 0 Å². The van der Waals surface area contributed by atoms with Gasteiger partial charge in [0.2, 0.25) is 0 Å². The highest BCUT2D eigenvalue weighted by Gasteiger charge is 2.21. The molecule has 1 aliphatic rings. The Kier molecular flexibility index (Phi) is 5.18. The summed E-state index contributed by atoms with van der Waals surface area (Å²) in [6, 6.07) is 12.7. The van der Waals surface area contributed by atoms with Crippen LogP contribution in [0.15, 0.2) is 41.4 Å². The van der Waals surface area contributed by atoms with Gasteiger partial charge in [-0.15, -0.1) is 0 Å². The third-order valence-electron chi connectivity index (χ3n) is 5.25. The zero-order chi connectivity index (χ0) is 17.9. The van der Waals surface area contributed by atoms with Crippen LogP contribution in [0.25, 0.3) is 21.0 Å². The Hall–Kier alpha value is -1.98. The van der Waals surface area contributed by atoms with Crippen molar-refractivity contribution in [3.8, 4) is 0 Å². The summed E-state index contributed by atoms with van der Waals surface area (Å²) >= 11 is 1.62. The van der Waals surface area contributed by atoms with E-state index in [0.717, 1.165) is 36.0 Å². The number of methoxy groups -OCH3 is 1. The van der Waals surface area contributed by atoms with E-state index in [1.165, 1.54) is 21.9 Å². The first-order valence-electron chi connectivity index (χ1n) is 9.36. The minimum Gasteiger partial charge on any atom is -0.383 e. The van der Waals surface area contributed by atoms with Gasteiger partial charge < -0.3 is 9.30 Å². The van der Waals surface area contributed by atoms with E-state index in [1.54, 1.807) is 18.4 Å². The monoisotopic (exact) mass is 368 g/mol. The van der Waals surface area contributed by atoms with Crippen LogP contribution < -0.4 is 4.80 Å². The first-order chi connectivity index (χ1) is 12.8. The lowest BCUT2D eigenvalue weighted by molar-refractivity contribution is -0.122. The van der Waals surface area contributed by atoms with Crippen LogP contribution >= 0.6 is 11.3 Å². The number of hydrogen-bond donors (Lipinski definition) is 0. The molecule has 1 aromatic heterocycles. The number of carbonyl (C=O) groups is 1. The second-order valence-corrected chi connectivity index (χ2v) is 7.93. The van der Waals surface area contributed by atoms with Crippen LogP contribution in [-0.4, -0.2) is 24.2 Å². The van der Waals surface area contributed by atoms with Crippen molar-refractivity contribution in [2.75, 3.05) is 13.7 Å². The highest BCUT2D eigenvalue weighted by Crippen LogP contribution is 2.28. The van der Waals surface area contributed by atoms with Crippen molar-refractivity contribution in [1.29, 1.82) is 0 Å². The average Bonchev–Trinajstić information content (AvgIpc) is 3.04. The molecule has 2 aromatic carbocycles. The summed E-state index contributed by atoms with van der Waals surface area (Å²) in [5.74, 6) is 0.147. The number of rotatable bonds is 4. The van der Waals surface area contributed by atoms with E-state index >= 15 is 0 Å². The maximum atomic E-state index is 12.7. The van der Waals surface area contributed by atoms with Crippen LogP contribution in [0.2, 0.25) is 0 Å². The third-order valence-corrected chi connectivity index (χ3v) is 6.38. The van der Waals surface area contributed by atoms with E-state index in [4.69, 9.17) is 4.74 Å². The molecule has 1 heterocycles. The minimum atomic E-state index is 0.0479. The van der Waals surface area contributed by atoms with Gasteiger partial charge in [-0.2, -0.15) is 4.99 Å². The first kappa shape index (κ1) is 17.4. The lowest BCUT2D eigenvalue weighted by Gasteiger charge is -2.17. The zero-order valence-electron chi connectivity index (χ0n) is 15.1. The molecule has 3 aromatic rings. The van der Waals surface area contributed by atoms with E-state index in [1.807, 2.05) is 0 Å². The number of thiazole rings is 1. The molecule has 0 spiro atoms. The molecule has 4 rings (SSSR count). The lowest BCUT2D eigenvalue weighted by Crippen LogP contribution is -2.23. The lowest BCUT2D eigenvalue weighted by atomic mass is 9.89. The summed E-state index contributed by atoms with van der Waals surface area (Å²) in [4.78, 5) is 18.1. The number of amides is 1. The van der Waals surface area contributed by atoms with Gasteiger partial charge in [0.1, 0.15) is 0 Å². The van der Waals surface area contributed by atoms with Crippen molar-refractivity contribution in [2.45, 2.75) is 38.6 Å². The fraction of sp³-hybridized carbons (Fsp3) is 0.429. The summed E-state index contributed by atoms with van der Waals surface area (Å²) in [6.07, 6.45) is 5.49. The van der Waals surface area contributed by atoms with Crippen LogP contribution in [0.5, 0.6) is 0 Å². The van der Waals surface area contributed by atoms with Gasteiger partial charge in [-0.25, -0.2) is 0 Å². The molecule has 0 bridgehead atoms. The largest absolute Gasteiger partial charge is 0.383 e. The molecule has 1 aliphatic carbocycles. The number of hydrogen-bond acceptors (Lipinski definition) is 3. The predicted molar refractivity (Wildman–Crippen MR) is 106 cm³/mol. The van der Waals surface area contributed by atoms with Crippen molar-refractivity contribution in [1.82, 2.24) is 4.57 Å². The highest BCUT2D eigenvalue weighted by molar-refractivity contribution is 7.17. The van der Waals surface area contributed by atoms with Gasteiger partial charge in [0.15, 0.2) is 4.80 Å². The molecule has 0 unspecified atom stereocenters. The molecule has 1 saturated carbocycles. The molecular formula is C21H24N2O2S. The van der Waals surface area contributed by atoms with Crippen molar-refractivity contribution < 1.29 is 9.53 Å². The van der Waals surface area contributed by atoms with Gasteiger partial charge in [-0.1, -0.05) is 60.9 Å². The Morgan fingerprint density at radius 3 is 2.81 bits per heavy atom. The molecule has 0 aliphatic heterocycles. The number of benzene rings is 2. The molecule has 4 nitrogen and oxygen atoms in total. The van der Waals surface area contributed by atoms with Crippen LogP contribution in [0, 0.1) is 5.92 Å². The predicted octanol–water partition coefficient (Wildman–Crippen LogP) is 4.51. The van der Waals surface area contributed by atoms with Crippen molar-refractivity contribution >= 4 is 38.2 Å². The first-order valence-corrected chi connectivity index (χ1v) is 10.2. The summed E-state index contributed by atoms with van der Waals surface area (Å²) in [5, 5.41) is 2.43. The topological polar surface area (TPSA) is 43.6 Å². The van der Waals surface area contributed by atoms with Crippen molar-refractivity contribution in [2.24, 2.45) is 10.9 Å². The fourth-order valence-corrected chi connectivity index (χ4v) is 5.01. The molecule has 5 heteroatoms. The molecule has 26 heavy (non-hydrogen) atoms. The molecule has 136 valence electrons. The summed E-state index contributed by atoms with van der Waals surface area (Å²) < 4.78 is 8.61. The van der Waals surface area contributed by atoms with Gasteiger partial charge in [0, 0.05) is 25.0 Å². The molecule has 0 saturated heterocycles. The summed E-state index contributed by atoms with van der Waals surface area (Å²) in [6.45, 7) is 1.30. The van der Waals surface area contributed by atoms with Gasteiger partial charge in [0.05, 0.1) is 16.8 Å². The zero-order valence-corrected chi connectivity index (χ0v) is 15.9. The maximum Gasteiger partial charge on any atom is 0.251 e. The van der Waals surface area contributed by atoms with E-state index < -0.39 is 0 Å². The maximum absolute atomic E-state index is 12.7. The van der Waals surface area contributed by atoms with E-state index in [2.05, 4.69) is 46.0 Å².